The van der Waals surface area contributed by atoms with E-state index in [0.717, 1.165) is 5.69 Å². The molecule has 0 spiro atoms. The van der Waals surface area contributed by atoms with Crippen molar-refractivity contribution in [2.75, 3.05) is 17.1 Å². The molecule has 0 saturated carbocycles. The molecule has 0 amide bonds. The lowest BCUT2D eigenvalue weighted by atomic mass is 10.3. The van der Waals surface area contributed by atoms with Crippen LogP contribution in [0, 0.1) is 13.8 Å². The number of aromatic nitrogens is 1. The fourth-order valence-corrected chi connectivity index (χ4v) is 2.54. The zero-order valence-electron chi connectivity index (χ0n) is 10.9. The van der Waals surface area contributed by atoms with E-state index in [9.17, 15) is 8.42 Å². The van der Waals surface area contributed by atoms with Crippen LogP contribution in [0.1, 0.15) is 11.3 Å². The summed E-state index contributed by atoms with van der Waals surface area (Å²) in [6.45, 7) is 3.49. The van der Waals surface area contributed by atoms with Crippen LogP contribution in [0.2, 0.25) is 0 Å². The Hall–Kier alpha value is -2.02. The van der Waals surface area contributed by atoms with Gasteiger partial charge in [0.25, 0.3) is 10.0 Å². The van der Waals surface area contributed by atoms with Crippen LogP contribution in [0.3, 0.4) is 0 Å². The Balaban J connectivity index is 2.29. The molecule has 1 heterocycles. The number of benzene rings is 1. The van der Waals surface area contributed by atoms with Crippen LogP contribution in [0.25, 0.3) is 0 Å². The van der Waals surface area contributed by atoms with Crippen molar-refractivity contribution in [3.8, 4) is 0 Å². The molecule has 7 heteroatoms. The van der Waals surface area contributed by atoms with E-state index in [2.05, 4.69) is 15.2 Å². The highest BCUT2D eigenvalue weighted by molar-refractivity contribution is 7.92. The van der Waals surface area contributed by atoms with Gasteiger partial charge >= 0.3 is 0 Å². The van der Waals surface area contributed by atoms with E-state index in [4.69, 9.17) is 4.52 Å². The first-order valence-electron chi connectivity index (χ1n) is 5.67. The Bertz CT molecular complexity index is 675. The van der Waals surface area contributed by atoms with Crippen molar-refractivity contribution >= 4 is 21.6 Å². The smallest absolute Gasteiger partial charge is 0.264 e. The standard InChI is InChI=1S/C12H15N3O3S/c1-8-9(2)14-18-12(8)15-19(16,17)11-6-4-10(13-3)5-7-11/h4-7,13,15H,1-3H3. The first-order valence-corrected chi connectivity index (χ1v) is 7.16. The average Bonchev–Trinajstić information content (AvgIpc) is 2.70. The minimum absolute atomic E-state index is 0.148. The van der Waals surface area contributed by atoms with Gasteiger partial charge in [-0.1, -0.05) is 5.16 Å². The normalized spacial score (nSPS) is 11.3. The third kappa shape index (κ3) is 2.70. The van der Waals surface area contributed by atoms with Gasteiger partial charge in [-0.3, -0.25) is 0 Å². The first kappa shape index (κ1) is 13.4. The van der Waals surface area contributed by atoms with E-state index in [-0.39, 0.29) is 10.8 Å². The number of anilines is 2. The molecule has 1 aromatic carbocycles. The molecule has 0 unspecified atom stereocenters. The maximum atomic E-state index is 12.1. The molecule has 102 valence electrons. The lowest BCUT2D eigenvalue weighted by Gasteiger charge is -2.06. The van der Waals surface area contributed by atoms with Gasteiger partial charge in [0.05, 0.1) is 10.6 Å². The zero-order valence-corrected chi connectivity index (χ0v) is 11.7. The van der Waals surface area contributed by atoms with Gasteiger partial charge in [0.2, 0.25) is 5.88 Å². The van der Waals surface area contributed by atoms with Gasteiger partial charge in [-0.15, -0.1) is 0 Å². The van der Waals surface area contributed by atoms with E-state index in [0.29, 0.717) is 11.3 Å². The number of rotatable bonds is 4. The fourth-order valence-electron chi connectivity index (χ4n) is 1.49. The highest BCUT2D eigenvalue weighted by Crippen LogP contribution is 2.22. The molecule has 0 saturated heterocycles. The third-order valence-electron chi connectivity index (χ3n) is 2.84. The number of nitrogens with zero attached hydrogens (tertiary/aromatic N) is 1. The van der Waals surface area contributed by atoms with E-state index in [1.807, 2.05) is 0 Å². The molecule has 0 fully saturated rings. The highest BCUT2D eigenvalue weighted by Gasteiger charge is 2.18. The Morgan fingerprint density at radius 1 is 1.16 bits per heavy atom. The van der Waals surface area contributed by atoms with E-state index in [1.165, 1.54) is 12.1 Å². The third-order valence-corrected chi connectivity index (χ3v) is 4.18. The minimum atomic E-state index is -3.66. The molecule has 0 aliphatic rings. The second-order valence-corrected chi connectivity index (χ2v) is 5.78. The molecule has 6 nitrogen and oxygen atoms in total. The SMILES string of the molecule is CNc1ccc(S(=O)(=O)Nc2onc(C)c2C)cc1. The van der Waals surface area contributed by atoms with Crippen LogP contribution in [0.4, 0.5) is 11.6 Å². The van der Waals surface area contributed by atoms with Crippen molar-refractivity contribution in [3.63, 3.8) is 0 Å². The van der Waals surface area contributed by atoms with Crippen LogP contribution in [-0.4, -0.2) is 20.6 Å². The molecule has 0 aliphatic carbocycles. The molecular formula is C12H15N3O3S. The van der Waals surface area contributed by atoms with Crippen LogP contribution >= 0.6 is 0 Å². The number of hydrogen-bond donors (Lipinski definition) is 2. The largest absolute Gasteiger partial charge is 0.388 e. The monoisotopic (exact) mass is 281 g/mol. The molecule has 0 radical (unpaired) electrons. The van der Waals surface area contributed by atoms with Crippen molar-refractivity contribution in [3.05, 3.63) is 35.5 Å². The molecule has 2 rings (SSSR count). The topological polar surface area (TPSA) is 84.2 Å². The molecule has 0 aliphatic heterocycles. The van der Waals surface area contributed by atoms with Crippen LogP contribution in [-0.2, 0) is 10.0 Å². The van der Waals surface area contributed by atoms with Gasteiger partial charge in [0.15, 0.2) is 0 Å². The maximum Gasteiger partial charge on any atom is 0.264 e. The van der Waals surface area contributed by atoms with Gasteiger partial charge < -0.3 is 9.84 Å². The minimum Gasteiger partial charge on any atom is -0.388 e. The van der Waals surface area contributed by atoms with E-state index >= 15 is 0 Å². The molecule has 1 aromatic heterocycles. The van der Waals surface area contributed by atoms with Crippen molar-refractivity contribution in [1.82, 2.24) is 5.16 Å². The number of nitrogens with one attached hydrogen (secondary N) is 2. The lowest BCUT2D eigenvalue weighted by molar-refractivity contribution is 0.430. The summed E-state index contributed by atoms with van der Waals surface area (Å²) in [6, 6.07) is 6.42. The van der Waals surface area contributed by atoms with Gasteiger partial charge in [0.1, 0.15) is 0 Å². The van der Waals surface area contributed by atoms with Crippen molar-refractivity contribution in [2.24, 2.45) is 0 Å². The Labute approximate surface area is 111 Å². The first-order chi connectivity index (χ1) is 8.94. The van der Waals surface area contributed by atoms with Crippen LogP contribution in [0.15, 0.2) is 33.7 Å². The summed E-state index contributed by atoms with van der Waals surface area (Å²) >= 11 is 0. The lowest BCUT2D eigenvalue weighted by Crippen LogP contribution is -2.13. The predicted molar refractivity (Wildman–Crippen MR) is 72.8 cm³/mol. The van der Waals surface area contributed by atoms with Crippen molar-refractivity contribution in [1.29, 1.82) is 0 Å². The van der Waals surface area contributed by atoms with Gasteiger partial charge in [0, 0.05) is 18.3 Å². The fraction of sp³-hybridized carbons (Fsp3) is 0.250. The van der Waals surface area contributed by atoms with Crippen molar-refractivity contribution < 1.29 is 12.9 Å². The summed E-state index contributed by atoms with van der Waals surface area (Å²) < 4.78 is 31.6. The Morgan fingerprint density at radius 3 is 2.26 bits per heavy atom. The highest BCUT2D eigenvalue weighted by atomic mass is 32.2. The summed E-state index contributed by atoms with van der Waals surface area (Å²) in [6.07, 6.45) is 0. The molecule has 0 bridgehead atoms. The molecule has 0 atom stereocenters. The van der Waals surface area contributed by atoms with Gasteiger partial charge in [-0.2, -0.15) is 0 Å². The quantitative estimate of drug-likeness (QED) is 0.897. The summed E-state index contributed by atoms with van der Waals surface area (Å²) in [4.78, 5) is 0.167. The molecule has 19 heavy (non-hydrogen) atoms. The maximum absolute atomic E-state index is 12.1. The Kier molecular flexibility index (Phi) is 3.48. The predicted octanol–water partition coefficient (Wildman–Crippen LogP) is 2.13. The van der Waals surface area contributed by atoms with E-state index in [1.54, 1.807) is 33.0 Å². The second-order valence-electron chi connectivity index (χ2n) is 4.10. The number of sulfonamides is 1. The summed E-state index contributed by atoms with van der Waals surface area (Å²) in [5.41, 5.74) is 2.17. The van der Waals surface area contributed by atoms with E-state index < -0.39 is 10.0 Å². The van der Waals surface area contributed by atoms with Gasteiger partial charge in [-0.25, -0.2) is 13.1 Å². The number of aryl methyl sites for hydroxylation is 1. The zero-order chi connectivity index (χ0) is 14.0. The van der Waals surface area contributed by atoms with Crippen LogP contribution in [0.5, 0.6) is 0 Å². The summed E-state index contributed by atoms with van der Waals surface area (Å²) in [5.74, 6) is 0.148. The Morgan fingerprint density at radius 2 is 1.79 bits per heavy atom. The number of hydrogen-bond acceptors (Lipinski definition) is 5. The average molecular weight is 281 g/mol. The second kappa shape index (κ2) is 4.93. The summed E-state index contributed by atoms with van der Waals surface area (Å²) in [5, 5.41) is 6.63. The molecule has 2 aromatic rings. The van der Waals surface area contributed by atoms with Crippen molar-refractivity contribution in [2.45, 2.75) is 18.7 Å². The van der Waals surface area contributed by atoms with Gasteiger partial charge in [-0.05, 0) is 38.1 Å². The molecule has 2 N–H and O–H groups in total. The van der Waals surface area contributed by atoms with Crippen LogP contribution < -0.4 is 10.0 Å². The summed E-state index contributed by atoms with van der Waals surface area (Å²) in [7, 11) is -1.89. The molecular weight excluding hydrogens is 266 g/mol.